The predicted molar refractivity (Wildman–Crippen MR) is 81.1 cm³/mol. The van der Waals surface area contributed by atoms with Crippen molar-refractivity contribution in [3.05, 3.63) is 49.0 Å². The molecule has 2 aromatic rings. The summed E-state index contributed by atoms with van der Waals surface area (Å²) in [5.41, 5.74) is 7.32. The molecule has 1 unspecified atom stereocenters. The molecule has 0 amide bonds. The molecule has 2 N–H and O–H groups in total. The average Bonchev–Trinajstić information content (AvgIpc) is 2.75. The summed E-state index contributed by atoms with van der Waals surface area (Å²) >= 11 is 8.65. The molecule has 0 saturated heterocycles. The lowest BCUT2D eigenvalue weighted by Crippen LogP contribution is -2.23. The third kappa shape index (κ3) is 2.37. The van der Waals surface area contributed by atoms with Gasteiger partial charge in [-0.1, -0.05) is 22.0 Å². The van der Waals surface area contributed by atoms with Gasteiger partial charge in [0.25, 0.3) is 0 Å². The minimum Gasteiger partial charge on any atom is -0.484 e. The molecule has 1 aromatic heterocycles. The third-order valence-electron chi connectivity index (χ3n) is 3.02. The molecule has 0 bridgehead atoms. The zero-order valence-corrected chi connectivity index (χ0v) is 13.4. The lowest BCUT2D eigenvalue weighted by atomic mass is 9.97. The first kappa shape index (κ1) is 12.7. The number of ether oxygens (including phenoxy) is 1. The van der Waals surface area contributed by atoms with Crippen LogP contribution in [0.2, 0.25) is 0 Å². The molecule has 1 aliphatic rings. The van der Waals surface area contributed by atoms with Crippen molar-refractivity contribution in [3.63, 3.8) is 0 Å². The Morgan fingerprint density at radius 1 is 1.22 bits per heavy atom. The van der Waals surface area contributed by atoms with Gasteiger partial charge in [-0.3, -0.25) is 0 Å². The zero-order valence-electron chi connectivity index (χ0n) is 9.40. The van der Waals surface area contributed by atoms with Gasteiger partial charge in [-0.25, -0.2) is 0 Å². The Morgan fingerprint density at radius 3 is 2.78 bits per heavy atom. The highest BCUT2D eigenvalue weighted by molar-refractivity contribution is 9.11. The van der Waals surface area contributed by atoms with Crippen molar-refractivity contribution in [2.24, 2.45) is 5.73 Å². The van der Waals surface area contributed by atoms with E-state index in [1.165, 1.54) is 4.88 Å². The van der Waals surface area contributed by atoms with Crippen molar-refractivity contribution >= 4 is 43.2 Å². The van der Waals surface area contributed by atoms with Crippen LogP contribution in [0.3, 0.4) is 0 Å². The van der Waals surface area contributed by atoms with E-state index in [2.05, 4.69) is 37.9 Å². The Labute approximate surface area is 126 Å². The smallest absolute Gasteiger partial charge is 0.135 e. The Morgan fingerprint density at radius 2 is 2.06 bits per heavy atom. The van der Waals surface area contributed by atoms with Crippen molar-refractivity contribution in [2.75, 3.05) is 0 Å². The van der Waals surface area contributed by atoms with Gasteiger partial charge >= 0.3 is 0 Å². The topological polar surface area (TPSA) is 35.2 Å². The highest BCUT2D eigenvalue weighted by atomic mass is 79.9. The minimum absolute atomic E-state index is 0.0349. The summed E-state index contributed by atoms with van der Waals surface area (Å²) in [4.78, 5) is 1.21. The van der Waals surface area contributed by atoms with E-state index in [0.717, 1.165) is 26.0 Å². The van der Waals surface area contributed by atoms with Gasteiger partial charge in [0.2, 0.25) is 0 Å². The number of nitrogens with two attached hydrogens (primary N) is 1. The maximum absolute atomic E-state index is 6.23. The lowest BCUT2D eigenvalue weighted by molar-refractivity contribution is 0.165. The van der Waals surface area contributed by atoms with Gasteiger partial charge in [-0.15, -0.1) is 11.3 Å². The second-order valence-corrected chi connectivity index (χ2v) is 7.68. The van der Waals surface area contributed by atoms with Crippen LogP contribution in [-0.2, 0) is 0 Å². The molecule has 18 heavy (non-hydrogen) atoms. The van der Waals surface area contributed by atoms with Gasteiger partial charge in [0, 0.05) is 27.4 Å². The van der Waals surface area contributed by atoms with E-state index in [4.69, 9.17) is 10.5 Å². The van der Waals surface area contributed by atoms with Crippen LogP contribution in [0, 0.1) is 0 Å². The standard InChI is InChI=1S/C13H11Br2NOS/c14-7-1-2-8-9(16)6-11(17-10(8)5-7)12-3-4-13(15)18-12/h1-5,9,11H,6,16H2/t9-,11?/m0/s1. The summed E-state index contributed by atoms with van der Waals surface area (Å²) in [7, 11) is 0. The monoisotopic (exact) mass is 387 g/mol. The predicted octanol–water partition coefficient (Wildman–Crippen LogP) is 4.80. The second-order valence-electron chi connectivity index (χ2n) is 4.27. The van der Waals surface area contributed by atoms with Crippen molar-refractivity contribution < 1.29 is 4.74 Å². The Hall–Kier alpha value is -0.360. The summed E-state index contributed by atoms with van der Waals surface area (Å²) in [6.45, 7) is 0. The number of hydrogen-bond acceptors (Lipinski definition) is 3. The average molecular weight is 389 g/mol. The second kappa shape index (κ2) is 4.96. The molecule has 2 heterocycles. The molecule has 2 atom stereocenters. The number of rotatable bonds is 1. The Balaban J connectivity index is 1.95. The fourth-order valence-corrected chi connectivity index (χ4v) is 3.96. The van der Waals surface area contributed by atoms with Crippen LogP contribution in [0.25, 0.3) is 0 Å². The Bertz CT molecular complexity index is 584. The van der Waals surface area contributed by atoms with Crippen molar-refractivity contribution in [3.8, 4) is 5.75 Å². The van der Waals surface area contributed by atoms with Crippen LogP contribution < -0.4 is 10.5 Å². The fraction of sp³-hybridized carbons (Fsp3) is 0.231. The first-order chi connectivity index (χ1) is 8.63. The molecular weight excluding hydrogens is 378 g/mol. The molecule has 0 radical (unpaired) electrons. The highest BCUT2D eigenvalue weighted by Crippen LogP contribution is 2.42. The first-order valence-electron chi connectivity index (χ1n) is 5.60. The molecule has 5 heteroatoms. The third-order valence-corrected chi connectivity index (χ3v) is 5.23. The molecule has 1 aromatic carbocycles. The molecule has 3 rings (SSSR count). The molecule has 0 spiro atoms. The van der Waals surface area contributed by atoms with Gasteiger partial charge in [-0.2, -0.15) is 0 Å². The van der Waals surface area contributed by atoms with Gasteiger partial charge in [-0.05, 0) is 40.2 Å². The van der Waals surface area contributed by atoms with Crippen LogP contribution in [0.15, 0.2) is 38.6 Å². The summed E-state index contributed by atoms with van der Waals surface area (Å²) in [5.74, 6) is 0.887. The minimum atomic E-state index is 0.0349. The lowest BCUT2D eigenvalue weighted by Gasteiger charge is -2.29. The zero-order chi connectivity index (χ0) is 12.7. The number of fused-ring (bicyclic) bond motifs is 1. The normalized spacial score (nSPS) is 22.4. The summed E-state index contributed by atoms with van der Waals surface area (Å²) in [6.07, 6.45) is 0.875. The summed E-state index contributed by atoms with van der Waals surface area (Å²) in [5, 5.41) is 0. The van der Waals surface area contributed by atoms with Gasteiger partial charge < -0.3 is 10.5 Å². The number of hydrogen-bond donors (Lipinski definition) is 1. The molecule has 0 fully saturated rings. The molecular formula is C13H11Br2NOS. The largest absolute Gasteiger partial charge is 0.484 e. The Kier molecular flexibility index (Phi) is 3.49. The summed E-state index contributed by atoms with van der Waals surface area (Å²) in [6, 6.07) is 10.2. The fourth-order valence-electron chi connectivity index (χ4n) is 2.15. The summed E-state index contributed by atoms with van der Waals surface area (Å²) < 4.78 is 8.20. The number of benzene rings is 1. The van der Waals surface area contributed by atoms with Crippen LogP contribution >= 0.6 is 43.2 Å². The highest BCUT2D eigenvalue weighted by Gasteiger charge is 2.28. The van der Waals surface area contributed by atoms with Crippen LogP contribution in [0.1, 0.15) is 29.0 Å². The van der Waals surface area contributed by atoms with Crippen molar-refractivity contribution in [1.82, 2.24) is 0 Å². The van der Waals surface area contributed by atoms with Crippen molar-refractivity contribution in [2.45, 2.75) is 18.6 Å². The van der Waals surface area contributed by atoms with Gasteiger partial charge in [0.15, 0.2) is 0 Å². The van der Waals surface area contributed by atoms with Crippen LogP contribution in [0.5, 0.6) is 5.75 Å². The van der Waals surface area contributed by atoms with E-state index < -0.39 is 0 Å². The van der Waals surface area contributed by atoms with E-state index in [-0.39, 0.29) is 12.1 Å². The van der Waals surface area contributed by atoms with Crippen LogP contribution in [-0.4, -0.2) is 0 Å². The maximum atomic E-state index is 6.23. The van der Waals surface area contributed by atoms with Crippen molar-refractivity contribution in [1.29, 1.82) is 0 Å². The van der Waals surface area contributed by atoms with E-state index in [9.17, 15) is 0 Å². The van der Waals surface area contributed by atoms with E-state index in [1.54, 1.807) is 11.3 Å². The van der Waals surface area contributed by atoms with Crippen LogP contribution in [0.4, 0.5) is 0 Å². The van der Waals surface area contributed by atoms with Gasteiger partial charge in [0.05, 0.1) is 3.79 Å². The number of halogens is 2. The number of thiophene rings is 1. The van der Waals surface area contributed by atoms with Gasteiger partial charge in [0.1, 0.15) is 11.9 Å². The SMILES string of the molecule is N[C@H]1CC(c2ccc(Br)s2)Oc2cc(Br)ccc21. The molecule has 1 aliphatic heterocycles. The van der Waals surface area contributed by atoms with E-state index in [1.807, 2.05) is 24.3 Å². The quantitative estimate of drug-likeness (QED) is 0.761. The molecule has 94 valence electrons. The molecule has 0 aliphatic carbocycles. The van der Waals surface area contributed by atoms with E-state index in [0.29, 0.717) is 0 Å². The molecule has 2 nitrogen and oxygen atoms in total. The molecule has 0 saturated carbocycles. The maximum Gasteiger partial charge on any atom is 0.135 e. The van der Waals surface area contributed by atoms with E-state index >= 15 is 0 Å². The first-order valence-corrected chi connectivity index (χ1v) is 8.00.